The normalized spacial score (nSPS) is 13.1. The maximum atomic E-state index is 5.81. The lowest BCUT2D eigenvalue weighted by atomic mass is 10.1. The predicted octanol–water partition coefficient (Wildman–Crippen LogP) is 3.06. The van der Waals surface area contributed by atoms with Crippen LogP contribution in [0.25, 0.3) is 0 Å². The van der Waals surface area contributed by atoms with Crippen LogP contribution in [0.1, 0.15) is 31.4 Å². The standard InChI is InChI=1S/C14H24N2/c1-5-11(2)9-16(4)10-13-6-7-14(15)12(3)8-13/h6-8,11H,5,9-10,15H2,1-4H3. The number of nitrogens with two attached hydrogens (primary N) is 1. The molecule has 2 nitrogen and oxygen atoms in total. The summed E-state index contributed by atoms with van der Waals surface area (Å²) in [5.74, 6) is 0.764. The number of anilines is 1. The van der Waals surface area contributed by atoms with Crippen molar-refractivity contribution in [2.45, 2.75) is 33.7 Å². The summed E-state index contributed by atoms with van der Waals surface area (Å²) in [5.41, 5.74) is 9.21. The van der Waals surface area contributed by atoms with E-state index in [0.717, 1.165) is 24.7 Å². The molecule has 1 unspecified atom stereocenters. The van der Waals surface area contributed by atoms with Gasteiger partial charge in [0.25, 0.3) is 0 Å². The van der Waals surface area contributed by atoms with Crippen molar-refractivity contribution in [1.82, 2.24) is 4.90 Å². The molecule has 90 valence electrons. The lowest BCUT2D eigenvalue weighted by Gasteiger charge is -2.20. The summed E-state index contributed by atoms with van der Waals surface area (Å²) in [6.45, 7) is 8.76. The van der Waals surface area contributed by atoms with E-state index in [1.807, 2.05) is 6.07 Å². The number of nitrogens with zero attached hydrogens (tertiary/aromatic N) is 1. The molecule has 0 aliphatic heterocycles. The average molecular weight is 220 g/mol. The first-order valence-electron chi connectivity index (χ1n) is 6.06. The number of hydrogen-bond acceptors (Lipinski definition) is 2. The van der Waals surface area contributed by atoms with E-state index >= 15 is 0 Å². The Bertz CT molecular complexity index is 334. The minimum absolute atomic E-state index is 0.764. The minimum Gasteiger partial charge on any atom is -0.399 e. The van der Waals surface area contributed by atoms with Crippen molar-refractivity contribution in [3.63, 3.8) is 0 Å². The highest BCUT2D eigenvalue weighted by atomic mass is 15.1. The summed E-state index contributed by atoms with van der Waals surface area (Å²) >= 11 is 0. The van der Waals surface area contributed by atoms with Gasteiger partial charge in [0.1, 0.15) is 0 Å². The predicted molar refractivity (Wildman–Crippen MR) is 71.4 cm³/mol. The summed E-state index contributed by atoms with van der Waals surface area (Å²) < 4.78 is 0. The molecule has 1 aromatic carbocycles. The maximum absolute atomic E-state index is 5.81. The fourth-order valence-corrected chi connectivity index (χ4v) is 1.87. The smallest absolute Gasteiger partial charge is 0.0343 e. The highest BCUT2D eigenvalue weighted by Gasteiger charge is 2.05. The second-order valence-electron chi connectivity index (χ2n) is 4.90. The van der Waals surface area contributed by atoms with Crippen LogP contribution in [0.2, 0.25) is 0 Å². The second-order valence-corrected chi connectivity index (χ2v) is 4.90. The van der Waals surface area contributed by atoms with Gasteiger partial charge in [0, 0.05) is 18.8 Å². The largest absolute Gasteiger partial charge is 0.399 e. The van der Waals surface area contributed by atoms with Gasteiger partial charge in [-0.05, 0) is 37.1 Å². The first-order chi connectivity index (χ1) is 7.52. The zero-order chi connectivity index (χ0) is 12.1. The molecule has 1 rings (SSSR count). The maximum Gasteiger partial charge on any atom is 0.0343 e. The third kappa shape index (κ3) is 3.86. The molecule has 0 aliphatic carbocycles. The molecule has 2 N–H and O–H groups in total. The SMILES string of the molecule is CCC(C)CN(C)Cc1ccc(N)c(C)c1. The van der Waals surface area contributed by atoms with E-state index in [2.05, 4.69) is 44.9 Å². The van der Waals surface area contributed by atoms with Crippen molar-refractivity contribution >= 4 is 5.69 Å². The molecule has 1 atom stereocenters. The van der Waals surface area contributed by atoms with Gasteiger partial charge in [-0.15, -0.1) is 0 Å². The van der Waals surface area contributed by atoms with Gasteiger partial charge >= 0.3 is 0 Å². The van der Waals surface area contributed by atoms with Crippen LogP contribution in [-0.2, 0) is 6.54 Å². The highest BCUT2D eigenvalue weighted by Crippen LogP contribution is 2.14. The zero-order valence-electron chi connectivity index (χ0n) is 11.0. The lowest BCUT2D eigenvalue weighted by Crippen LogP contribution is -2.23. The minimum atomic E-state index is 0.764. The fourth-order valence-electron chi connectivity index (χ4n) is 1.87. The van der Waals surface area contributed by atoms with E-state index < -0.39 is 0 Å². The Kier molecular flexibility index (Phi) is 4.81. The van der Waals surface area contributed by atoms with Crippen molar-refractivity contribution in [1.29, 1.82) is 0 Å². The first-order valence-corrected chi connectivity index (χ1v) is 6.06. The van der Waals surface area contributed by atoms with Crippen LogP contribution in [0.15, 0.2) is 18.2 Å². The van der Waals surface area contributed by atoms with E-state index in [-0.39, 0.29) is 0 Å². The van der Waals surface area contributed by atoms with Gasteiger partial charge < -0.3 is 10.6 Å². The lowest BCUT2D eigenvalue weighted by molar-refractivity contribution is 0.275. The van der Waals surface area contributed by atoms with Crippen molar-refractivity contribution < 1.29 is 0 Å². The van der Waals surface area contributed by atoms with Gasteiger partial charge in [-0.25, -0.2) is 0 Å². The molecule has 0 fully saturated rings. The topological polar surface area (TPSA) is 29.3 Å². The Labute approximate surface area is 99.5 Å². The monoisotopic (exact) mass is 220 g/mol. The van der Waals surface area contributed by atoms with Crippen molar-refractivity contribution in [2.75, 3.05) is 19.3 Å². The van der Waals surface area contributed by atoms with E-state index in [0.29, 0.717) is 0 Å². The molecule has 0 saturated carbocycles. The molecule has 0 heterocycles. The van der Waals surface area contributed by atoms with Crippen molar-refractivity contribution in [3.8, 4) is 0 Å². The van der Waals surface area contributed by atoms with Crippen LogP contribution in [-0.4, -0.2) is 18.5 Å². The molecule has 0 radical (unpaired) electrons. The summed E-state index contributed by atoms with van der Waals surface area (Å²) in [7, 11) is 2.18. The van der Waals surface area contributed by atoms with Crippen LogP contribution >= 0.6 is 0 Å². The van der Waals surface area contributed by atoms with E-state index in [9.17, 15) is 0 Å². The van der Waals surface area contributed by atoms with Gasteiger partial charge in [0.2, 0.25) is 0 Å². The number of hydrogen-bond donors (Lipinski definition) is 1. The van der Waals surface area contributed by atoms with Crippen LogP contribution in [0, 0.1) is 12.8 Å². The number of rotatable bonds is 5. The van der Waals surface area contributed by atoms with Gasteiger partial charge in [-0.3, -0.25) is 0 Å². The first kappa shape index (κ1) is 13.0. The van der Waals surface area contributed by atoms with Crippen LogP contribution in [0.4, 0.5) is 5.69 Å². The van der Waals surface area contributed by atoms with Gasteiger partial charge in [-0.1, -0.05) is 32.4 Å². The van der Waals surface area contributed by atoms with Gasteiger partial charge in [-0.2, -0.15) is 0 Å². The van der Waals surface area contributed by atoms with E-state index in [4.69, 9.17) is 5.73 Å². The van der Waals surface area contributed by atoms with E-state index in [1.165, 1.54) is 17.5 Å². The molecule has 1 aromatic rings. The Morgan fingerprint density at radius 2 is 2.06 bits per heavy atom. The van der Waals surface area contributed by atoms with Crippen molar-refractivity contribution in [3.05, 3.63) is 29.3 Å². The average Bonchev–Trinajstić information content (AvgIpc) is 2.23. The molecule has 0 amide bonds. The number of nitrogen functional groups attached to an aromatic ring is 1. The summed E-state index contributed by atoms with van der Waals surface area (Å²) in [6.07, 6.45) is 1.24. The van der Waals surface area contributed by atoms with Crippen LogP contribution < -0.4 is 5.73 Å². The Balaban J connectivity index is 2.56. The molecule has 0 bridgehead atoms. The molecular weight excluding hydrogens is 196 g/mol. The molecule has 2 heteroatoms. The number of benzene rings is 1. The molecule has 0 aliphatic rings. The molecule has 0 saturated heterocycles. The molecule has 16 heavy (non-hydrogen) atoms. The number of aryl methyl sites for hydroxylation is 1. The van der Waals surface area contributed by atoms with Crippen LogP contribution in [0.5, 0.6) is 0 Å². The Morgan fingerprint density at radius 3 is 2.62 bits per heavy atom. The molecule has 0 spiro atoms. The van der Waals surface area contributed by atoms with Gasteiger partial charge in [0.05, 0.1) is 0 Å². The quantitative estimate of drug-likeness (QED) is 0.773. The summed E-state index contributed by atoms with van der Waals surface area (Å²) in [5, 5.41) is 0. The van der Waals surface area contributed by atoms with Crippen molar-refractivity contribution in [2.24, 2.45) is 5.92 Å². The summed E-state index contributed by atoms with van der Waals surface area (Å²) in [6, 6.07) is 6.31. The molecular formula is C14H24N2. The van der Waals surface area contributed by atoms with E-state index in [1.54, 1.807) is 0 Å². The van der Waals surface area contributed by atoms with Gasteiger partial charge in [0.15, 0.2) is 0 Å². The Morgan fingerprint density at radius 1 is 1.38 bits per heavy atom. The fraction of sp³-hybridized carbons (Fsp3) is 0.571. The third-order valence-electron chi connectivity index (χ3n) is 3.11. The highest BCUT2D eigenvalue weighted by molar-refractivity contribution is 5.47. The zero-order valence-corrected chi connectivity index (χ0v) is 11.0. The second kappa shape index (κ2) is 5.90. The molecule has 0 aromatic heterocycles. The van der Waals surface area contributed by atoms with Crippen LogP contribution in [0.3, 0.4) is 0 Å². The third-order valence-corrected chi connectivity index (χ3v) is 3.11. The summed E-state index contributed by atoms with van der Waals surface area (Å²) in [4.78, 5) is 2.37. The Hall–Kier alpha value is -1.02.